The van der Waals surface area contributed by atoms with Crippen LogP contribution in [0.25, 0.3) is 22.4 Å². The maximum Gasteiger partial charge on any atom is 0.247 e. The third-order valence-corrected chi connectivity index (χ3v) is 3.20. The molecule has 0 radical (unpaired) electrons. The number of unbranched alkanes of at least 4 members (excludes halogenated alkanes) is 1. The molecule has 3 aromatic rings. The molecule has 6 nitrogen and oxygen atoms in total. The van der Waals surface area contributed by atoms with E-state index < -0.39 is 0 Å². The van der Waals surface area contributed by atoms with E-state index in [9.17, 15) is 0 Å². The predicted molar refractivity (Wildman–Crippen MR) is 85.4 cm³/mol. The Hall–Kier alpha value is -2.76. The molecule has 0 aliphatic heterocycles. The van der Waals surface area contributed by atoms with Crippen LogP contribution in [0.1, 0.15) is 19.8 Å². The normalized spacial score (nSPS) is 10.8. The number of hydrogen-bond donors (Lipinski definition) is 1. The van der Waals surface area contributed by atoms with Gasteiger partial charge in [0.25, 0.3) is 0 Å². The van der Waals surface area contributed by atoms with E-state index in [4.69, 9.17) is 10.5 Å². The van der Waals surface area contributed by atoms with E-state index in [1.165, 1.54) is 0 Å². The lowest BCUT2D eigenvalue weighted by Crippen LogP contribution is -2.05. The van der Waals surface area contributed by atoms with Crippen LogP contribution in [0.15, 0.2) is 36.5 Å². The van der Waals surface area contributed by atoms with Crippen LogP contribution in [0.3, 0.4) is 0 Å². The zero-order valence-electron chi connectivity index (χ0n) is 12.4. The van der Waals surface area contributed by atoms with Gasteiger partial charge in [-0.25, -0.2) is 9.97 Å². The van der Waals surface area contributed by atoms with Gasteiger partial charge in [-0.2, -0.15) is 9.97 Å². The highest BCUT2D eigenvalue weighted by Crippen LogP contribution is 2.23. The Morgan fingerprint density at radius 1 is 1.09 bits per heavy atom. The molecule has 1 aromatic carbocycles. The first-order valence-electron chi connectivity index (χ1n) is 7.26. The van der Waals surface area contributed by atoms with Crippen molar-refractivity contribution in [2.24, 2.45) is 0 Å². The molecule has 0 aliphatic rings. The fraction of sp³-hybridized carbons (Fsp3) is 0.250. The molecule has 3 rings (SSSR count). The van der Waals surface area contributed by atoms with E-state index in [-0.39, 0.29) is 5.95 Å². The average molecular weight is 295 g/mol. The highest BCUT2D eigenvalue weighted by atomic mass is 16.5. The maximum absolute atomic E-state index is 5.75. The largest absolute Gasteiger partial charge is 0.476 e. The summed E-state index contributed by atoms with van der Waals surface area (Å²) in [6.07, 6.45) is 3.69. The van der Waals surface area contributed by atoms with Gasteiger partial charge >= 0.3 is 0 Å². The second kappa shape index (κ2) is 6.34. The summed E-state index contributed by atoms with van der Waals surface area (Å²) < 4.78 is 5.65. The molecule has 0 bridgehead atoms. The fourth-order valence-corrected chi connectivity index (χ4v) is 2.06. The van der Waals surface area contributed by atoms with Gasteiger partial charge in [0.05, 0.1) is 18.5 Å². The van der Waals surface area contributed by atoms with Crippen molar-refractivity contribution in [3.05, 3.63) is 36.5 Å². The Morgan fingerprint density at radius 2 is 1.91 bits per heavy atom. The van der Waals surface area contributed by atoms with Gasteiger partial charge in [0.1, 0.15) is 0 Å². The minimum atomic E-state index is 0.138. The minimum Gasteiger partial charge on any atom is -0.476 e. The summed E-state index contributed by atoms with van der Waals surface area (Å²) in [5.41, 5.74) is 8.44. The van der Waals surface area contributed by atoms with Gasteiger partial charge in [0, 0.05) is 5.56 Å². The quantitative estimate of drug-likeness (QED) is 0.728. The van der Waals surface area contributed by atoms with Gasteiger partial charge in [-0.05, 0) is 6.42 Å². The van der Waals surface area contributed by atoms with Gasteiger partial charge in [0.15, 0.2) is 11.2 Å². The topological polar surface area (TPSA) is 86.8 Å². The van der Waals surface area contributed by atoms with Crippen molar-refractivity contribution in [2.75, 3.05) is 12.3 Å². The third-order valence-electron chi connectivity index (χ3n) is 3.20. The molecule has 6 heteroatoms. The van der Waals surface area contributed by atoms with Crippen molar-refractivity contribution < 1.29 is 4.74 Å². The molecule has 0 saturated heterocycles. The van der Waals surface area contributed by atoms with Crippen LogP contribution in [0.2, 0.25) is 0 Å². The van der Waals surface area contributed by atoms with Crippen LogP contribution in [0, 0.1) is 0 Å². The second-order valence-corrected chi connectivity index (χ2v) is 4.88. The van der Waals surface area contributed by atoms with Gasteiger partial charge < -0.3 is 10.5 Å². The molecule has 0 spiro atoms. The van der Waals surface area contributed by atoms with E-state index in [2.05, 4.69) is 26.9 Å². The summed E-state index contributed by atoms with van der Waals surface area (Å²) in [7, 11) is 0. The minimum absolute atomic E-state index is 0.138. The summed E-state index contributed by atoms with van der Waals surface area (Å²) in [5, 5.41) is 0. The summed E-state index contributed by atoms with van der Waals surface area (Å²) in [6.45, 7) is 2.67. The van der Waals surface area contributed by atoms with Gasteiger partial charge in [-0.15, -0.1) is 0 Å². The van der Waals surface area contributed by atoms with Crippen LogP contribution in [-0.4, -0.2) is 26.5 Å². The predicted octanol–water partition coefficient (Wildman–Crippen LogP) is 2.85. The smallest absolute Gasteiger partial charge is 0.247 e. The van der Waals surface area contributed by atoms with Gasteiger partial charge in [-0.1, -0.05) is 43.7 Å². The van der Waals surface area contributed by atoms with Crippen LogP contribution < -0.4 is 10.5 Å². The second-order valence-electron chi connectivity index (χ2n) is 4.88. The lowest BCUT2D eigenvalue weighted by atomic mass is 10.2. The van der Waals surface area contributed by atoms with Crippen molar-refractivity contribution in [1.29, 1.82) is 0 Å². The number of ether oxygens (including phenoxy) is 1. The first kappa shape index (κ1) is 14.2. The molecule has 2 N–H and O–H groups in total. The first-order chi connectivity index (χ1) is 10.8. The third kappa shape index (κ3) is 2.95. The fourth-order valence-electron chi connectivity index (χ4n) is 2.06. The molecule has 2 heterocycles. The maximum atomic E-state index is 5.75. The number of hydrogen-bond acceptors (Lipinski definition) is 6. The molecule has 0 atom stereocenters. The molecule has 0 amide bonds. The highest BCUT2D eigenvalue weighted by Gasteiger charge is 2.11. The number of nitrogens with two attached hydrogens (primary N) is 1. The standard InChI is InChI=1S/C16H17N5O/c1-2-3-9-22-15-13-14(20-16(17)21-15)19-12(10-18-13)11-7-5-4-6-8-11/h4-8,10H,2-3,9H2,1H3,(H2,17,19,20,21). The summed E-state index contributed by atoms with van der Waals surface area (Å²) in [5.74, 6) is 0.529. The zero-order valence-corrected chi connectivity index (χ0v) is 12.4. The summed E-state index contributed by atoms with van der Waals surface area (Å²) in [6, 6.07) is 9.81. The van der Waals surface area contributed by atoms with E-state index in [0.29, 0.717) is 23.7 Å². The lowest BCUT2D eigenvalue weighted by molar-refractivity contribution is 0.301. The van der Waals surface area contributed by atoms with Crippen LogP contribution in [0.5, 0.6) is 5.88 Å². The Balaban J connectivity index is 2.02. The van der Waals surface area contributed by atoms with E-state index in [1.54, 1.807) is 6.20 Å². The van der Waals surface area contributed by atoms with Crippen LogP contribution in [-0.2, 0) is 0 Å². The number of nitrogens with zero attached hydrogens (tertiary/aromatic N) is 4. The van der Waals surface area contributed by atoms with Crippen molar-refractivity contribution in [2.45, 2.75) is 19.8 Å². The lowest BCUT2D eigenvalue weighted by Gasteiger charge is -2.08. The number of fused-ring (bicyclic) bond motifs is 1. The Bertz CT molecular complexity index is 776. The zero-order chi connectivity index (χ0) is 15.4. The SMILES string of the molecule is CCCCOc1nc(N)nc2nc(-c3ccccc3)cnc12. The summed E-state index contributed by atoms with van der Waals surface area (Å²) in [4.78, 5) is 17.2. The summed E-state index contributed by atoms with van der Waals surface area (Å²) >= 11 is 0. The van der Waals surface area contributed by atoms with Gasteiger partial charge in [-0.3, -0.25) is 0 Å². The van der Waals surface area contributed by atoms with E-state index >= 15 is 0 Å². The van der Waals surface area contributed by atoms with Crippen LogP contribution in [0.4, 0.5) is 5.95 Å². The average Bonchev–Trinajstić information content (AvgIpc) is 2.55. The molecule has 2 aromatic heterocycles. The Kier molecular flexibility index (Phi) is 4.09. The molecule has 0 fully saturated rings. The van der Waals surface area contributed by atoms with Crippen molar-refractivity contribution in [3.8, 4) is 17.1 Å². The number of rotatable bonds is 5. The number of benzene rings is 1. The van der Waals surface area contributed by atoms with Crippen molar-refractivity contribution in [3.63, 3.8) is 0 Å². The Morgan fingerprint density at radius 3 is 2.68 bits per heavy atom. The van der Waals surface area contributed by atoms with E-state index in [0.717, 1.165) is 24.1 Å². The Labute approximate surface area is 128 Å². The number of aromatic nitrogens is 4. The van der Waals surface area contributed by atoms with Crippen molar-refractivity contribution >= 4 is 17.1 Å². The van der Waals surface area contributed by atoms with E-state index in [1.807, 2.05) is 30.3 Å². The van der Waals surface area contributed by atoms with Crippen LogP contribution >= 0.6 is 0 Å². The molecule has 0 saturated carbocycles. The number of nitrogen functional groups attached to an aromatic ring is 1. The highest BCUT2D eigenvalue weighted by molar-refractivity contribution is 5.78. The molecule has 0 unspecified atom stereocenters. The first-order valence-corrected chi connectivity index (χ1v) is 7.26. The van der Waals surface area contributed by atoms with Crippen molar-refractivity contribution in [1.82, 2.24) is 19.9 Å². The molecule has 112 valence electrons. The molecule has 22 heavy (non-hydrogen) atoms. The molecular weight excluding hydrogens is 278 g/mol. The monoisotopic (exact) mass is 295 g/mol. The molecule has 0 aliphatic carbocycles. The molecular formula is C16H17N5O. The number of anilines is 1. The van der Waals surface area contributed by atoms with Gasteiger partial charge in [0.2, 0.25) is 11.8 Å².